The molecule has 7 heteroatoms. The molecular weight excluding hydrogens is 577 g/mol. The molecule has 0 amide bonds. The van der Waals surface area contributed by atoms with Gasteiger partial charge >= 0.3 is 5.97 Å². The molecule has 3 aromatic heterocycles. The molecule has 0 aliphatic rings. The van der Waals surface area contributed by atoms with Crippen LogP contribution in [0.1, 0.15) is 67.3 Å². The van der Waals surface area contributed by atoms with Crippen molar-refractivity contribution in [3.8, 4) is 19.5 Å². The number of rotatable bonds is 16. The largest absolute Gasteiger partial charge is 0.462 e. The van der Waals surface area contributed by atoms with Gasteiger partial charge < -0.3 is 4.74 Å². The highest BCUT2D eigenvalue weighted by molar-refractivity contribution is 7.25. The van der Waals surface area contributed by atoms with Gasteiger partial charge in [0.1, 0.15) is 0 Å². The van der Waals surface area contributed by atoms with Crippen molar-refractivity contribution in [3.63, 3.8) is 0 Å². The topological polar surface area (TPSA) is 51.0 Å². The van der Waals surface area contributed by atoms with E-state index in [0.717, 1.165) is 40.4 Å². The molecule has 5 rings (SSSR count). The Hall–Kier alpha value is -3.39. The van der Waals surface area contributed by atoms with Gasteiger partial charge in [-0.2, -0.15) is 10.2 Å². The van der Waals surface area contributed by atoms with Crippen LogP contribution >= 0.6 is 34.0 Å². The highest BCUT2D eigenvalue weighted by Gasteiger charge is 2.17. The molecule has 0 fully saturated rings. The van der Waals surface area contributed by atoms with Gasteiger partial charge in [0, 0.05) is 14.6 Å². The lowest BCUT2D eigenvalue weighted by atomic mass is 10.0. The predicted octanol–water partition coefficient (Wildman–Crippen LogP) is 12.1. The summed E-state index contributed by atoms with van der Waals surface area (Å²) < 4.78 is 5.63. The number of esters is 1. The summed E-state index contributed by atoms with van der Waals surface area (Å²) in [5.41, 5.74) is 3.79. The Labute approximate surface area is 260 Å². The molecule has 216 valence electrons. The second-order valence-electron chi connectivity index (χ2n) is 10.2. The Morgan fingerprint density at radius 2 is 1.29 bits per heavy atom. The SMILES string of the molecule is O=C(OCCCCCCCCCCc1ccc(N=Nc2ccccc2)cc1)c1ccsc1-c1ccc(-c2cccs2)s1. The van der Waals surface area contributed by atoms with Crippen molar-refractivity contribution < 1.29 is 9.53 Å². The monoisotopic (exact) mass is 612 g/mol. The number of hydrogen-bond donors (Lipinski definition) is 0. The summed E-state index contributed by atoms with van der Waals surface area (Å²) in [5, 5.41) is 12.7. The van der Waals surface area contributed by atoms with Crippen molar-refractivity contribution in [2.75, 3.05) is 6.61 Å². The summed E-state index contributed by atoms with van der Waals surface area (Å²) in [4.78, 5) is 17.4. The Balaban J connectivity index is 0.900. The van der Waals surface area contributed by atoms with E-state index in [1.807, 2.05) is 53.9 Å². The number of ether oxygens (including phenoxy) is 1. The van der Waals surface area contributed by atoms with Crippen molar-refractivity contribution >= 4 is 51.4 Å². The van der Waals surface area contributed by atoms with Gasteiger partial charge in [0.05, 0.1) is 28.4 Å². The first-order valence-corrected chi connectivity index (χ1v) is 17.3. The van der Waals surface area contributed by atoms with Crippen LogP contribution in [0.15, 0.2) is 106 Å². The number of nitrogens with zero attached hydrogens (tertiary/aromatic N) is 2. The molecule has 4 nitrogen and oxygen atoms in total. The Morgan fingerprint density at radius 1 is 0.595 bits per heavy atom. The molecule has 5 aromatic rings. The molecule has 0 aliphatic carbocycles. The van der Waals surface area contributed by atoms with E-state index >= 15 is 0 Å². The van der Waals surface area contributed by atoms with Gasteiger partial charge in [0.15, 0.2) is 0 Å². The Kier molecular flexibility index (Phi) is 11.7. The second kappa shape index (κ2) is 16.3. The van der Waals surface area contributed by atoms with Crippen molar-refractivity contribution in [3.05, 3.63) is 107 Å². The first kappa shape index (κ1) is 30.1. The molecule has 0 radical (unpaired) electrons. The number of hydrogen-bond acceptors (Lipinski definition) is 7. The molecule has 0 N–H and O–H groups in total. The average molecular weight is 613 g/mol. The fraction of sp³-hybridized carbons (Fsp3) is 0.286. The van der Waals surface area contributed by atoms with E-state index in [1.165, 1.54) is 53.8 Å². The van der Waals surface area contributed by atoms with Gasteiger partial charge in [0.25, 0.3) is 0 Å². The van der Waals surface area contributed by atoms with E-state index in [2.05, 4.69) is 52.0 Å². The predicted molar refractivity (Wildman–Crippen MR) is 179 cm³/mol. The molecule has 0 spiro atoms. The summed E-state index contributed by atoms with van der Waals surface area (Å²) in [6.45, 7) is 0.491. The highest BCUT2D eigenvalue weighted by Crippen LogP contribution is 2.40. The zero-order valence-electron chi connectivity index (χ0n) is 23.7. The molecule has 0 atom stereocenters. The van der Waals surface area contributed by atoms with Gasteiger partial charge in [-0.15, -0.1) is 34.0 Å². The molecule has 0 saturated carbocycles. The Morgan fingerprint density at radius 3 is 2.02 bits per heavy atom. The zero-order chi connectivity index (χ0) is 28.8. The maximum absolute atomic E-state index is 12.8. The molecular formula is C35H36N2O2S3. The van der Waals surface area contributed by atoms with Crippen molar-refractivity contribution in [2.24, 2.45) is 10.2 Å². The van der Waals surface area contributed by atoms with Gasteiger partial charge in [-0.3, -0.25) is 0 Å². The molecule has 2 aromatic carbocycles. The van der Waals surface area contributed by atoms with Crippen molar-refractivity contribution in [2.45, 2.75) is 57.8 Å². The van der Waals surface area contributed by atoms with Gasteiger partial charge in [0.2, 0.25) is 0 Å². The average Bonchev–Trinajstić information content (AvgIpc) is 3.82. The van der Waals surface area contributed by atoms with Crippen LogP contribution in [0.3, 0.4) is 0 Å². The number of unbranched alkanes of at least 4 members (excludes halogenated alkanes) is 7. The minimum absolute atomic E-state index is 0.205. The maximum Gasteiger partial charge on any atom is 0.339 e. The van der Waals surface area contributed by atoms with E-state index in [0.29, 0.717) is 12.2 Å². The number of thiophene rings is 3. The van der Waals surface area contributed by atoms with Gasteiger partial charge in [-0.25, -0.2) is 4.79 Å². The number of azo groups is 1. The summed E-state index contributed by atoms with van der Waals surface area (Å²) in [5.74, 6) is -0.205. The quantitative estimate of drug-likeness (QED) is 0.0632. The van der Waals surface area contributed by atoms with Crippen LogP contribution in [-0.4, -0.2) is 12.6 Å². The number of carbonyl (C=O) groups excluding carboxylic acids is 1. The first-order chi connectivity index (χ1) is 20.8. The smallest absolute Gasteiger partial charge is 0.339 e. The summed E-state index contributed by atoms with van der Waals surface area (Å²) in [6.07, 6.45) is 10.6. The fourth-order valence-electron chi connectivity index (χ4n) is 4.75. The van der Waals surface area contributed by atoms with Crippen LogP contribution in [-0.2, 0) is 11.2 Å². The van der Waals surface area contributed by atoms with Gasteiger partial charge in [-0.05, 0) is 84.1 Å². The van der Waals surface area contributed by atoms with Crippen LogP contribution in [0, 0.1) is 0 Å². The highest BCUT2D eigenvalue weighted by atomic mass is 32.1. The summed E-state index contributed by atoms with van der Waals surface area (Å²) >= 11 is 5.07. The van der Waals surface area contributed by atoms with Crippen LogP contribution in [0.5, 0.6) is 0 Å². The van der Waals surface area contributed by atoms with E-state index in [4.69, 9.17) is 4.74 Å². The van der Waals surface area contributed by atoms with Crippen LogP contribution < -0.4 is 0 Å². The minimum Gasteiger partial charge on any atom is -0.462 e. The Bertz CT molecular complexity index is 1520. The lowest BCUT2D eigenvalue weighted by Gasteiger charge is -2.06. The number of benzene rings is 2. The van der Waals surface area contributed by atoms with Crippen LogP contribution in [0.2, 0.25) is 0 Å². The summed E-state index contributed by atoms with van der Waals surface area (Å²) in [6, 6.07) is 28.6. The lowest BCUT2D eigenvalue weighted by Crippen LogP contribution is -2.06. The zero-order valence-corrected chi connectivity index (χ0v) is 26.2. The van der Waals surface area contributed by atoms with E-state index in [-0.39, 0.29) is 5.97 Å². The van der Waals surface area contributed by atoms with Crippen molar-refractivity contribution in [1.29, 1.82) is 0 Å². The second-order valence-corrected chi connectivity index (χ2v) is 13.2. The third-order valence-corrected chi connectivity index (χ3v) is 10.3. The minimum atomic E-state index is -0.205. The maximum atomic E-state index is 12.8. The number of aryl methyl sites for hydroxylation is 1. The molecule has 0 aliphatic heterocycles. The fourth-order valence-corrected chi connectivity index (χ4v) is 7.61. The van der Waals surface area contributed by atoms with E-state index < -0.39 is 0 Å². The molecule has 3 heterocycles. The van der Waals surface area contributed by atoms with Crippen molar-refractivity contribution in [1.82, 2.24) is 0 Å². The third-order valence-electron chi connectivity index (χ3n) is 7.05. The first-order valence-electron chi connectivity index (χ1n) is 14.7. The number of carbonyl (C=O) groups is 1. The standard InChI is InChI=1S/C35H36N2O2S3/c38-35(30-23-26-41-34(30)33-22-21-32(42-33)31-16-12-25-40-31)39-24-11-6-4-2-1-3-5-8-13-27-17-19-29(20-18-27)37-36-28-14-9-7-10-15-28/h7,9-10,12,14-23,25-26H,1-6,8,11,13,24H2. The van der Waals surface area contributed by atoms with E-state index in [1.54, 1.807) is 34.0 Å². The summed E-state index contributed by atoms with van der Waals surface area (Å²) in [7, 11) is 0. The van der Waals surface area contributed by atoms with Gasteiger partial charge in [-0.1, -0.05) is 74.9 Å². The van der Waals surface area contributed by atoms with Crippen LogP contribution in [0.4, 0.5) is 11.4 Å². The van der Waals surface area contributed by atoms with Crippen LogP contribution in [0.25, 0.3) is 19.5 Å². The molecule has 42 heavy (non-hydrogen) atoms. The molecule has 0 unspecified atom stereocenters. The normalized spacial score (nSPS) is 11.3. The molecule has 0 bridgehead atoms. The molecule has 0 saturated heterocycles. The lowest BCUT2D eigenvalue weighted by molar-refractivity contribution is 0.0499. The third kappa shape index (κ3) is 9.05. The van der Waals surface area contributed by atoms with E-state index in [9.17, 15) is 4.79 Å².